The van der Waals surface area contributed by atoms with Crippen molar-refractivity contribution in [3.8, 4) is 0 Å². The lowest BCUT2D eigenvalue weighted by molar-refractivity contribution is 0.0696. The van der Waals surface area contributed by atoms with Crippen LogP contribution < -0.4 is 5.32 Å². The molecule has 0 spiro atoms. The van der Waals surface area contributed by atoms with Crippen LogP contribution in [0.1, 0.15) is 21.6 Å². The van der Waals surface area contributed by atoms with E-state index in [9.17, 15) is 4.79 Å². The van der Waals surface area contributed by atoms with E-state index in [2.05, 4.69) is 10.3 Å². The lowest BCUT2D eigenvalue weighted by Crippen LogP contribution is -2.17. The number of carboxylic acid groups (broad SMARTS) is 1. The minimum atomic E-state index is -0.940. The molecule has 21 heavy (non-hydrogen) atoms. The summed E-state index contributed by atoms with van der Waals surface area (Å²) in [5, 5.41) is 12.4. The largest absolute Gasteiger partial charge is 0.478 e. The summed E-state index contributed by atoms with van der Waals surface area (Å²) in [4.78, 5) is 15.3. The monoisotopic (exact) mass is 285 g/mol. The molecule has 0 saturated carbocycles. The highest BCUT2D eigenvalue weighted by Crippen LogP contribution is 2.09. The SMILES string of the molecule is O=C(O)c1ccc2ncc(CNCCc3ccoc3)n2c1. The molecule has 0 amide bonds. The molecule has 3 aromatic rings. The van der Waals surface area contributed by atoms with Gasteiger partial charge < -0.3 is 19.2 Å². The van der Waals surface area contributed by atoms with Gasteiger partial charge >= 0.3 is 5.97 Å². The minimum Gasteiger partial charge on any atom is -0.478 e. The van der Waals surface area contributed by atoms with Crippen LogP contribution in [0.5, 0.6) is 0 Å². The van der Waals surface area contributed by atoms with Crippen molar-refractivity contribution in [2.45, 2.75) is 13.0 Å². The van der Waals surface area contributed by atoms with Gasteiger partial charge in [0.1, 0.15) is 5.65 Å². The van der Waals surface area contributed by atoms with Crippen molar-refractivity contribution < 1.29 is 14.3 Å². The van der Waals surface area contributed by atoms with Crippen LogP contribution in [-0.2, 0) is 13.0 Å². The Bertz CT molecular complexity index is 747. The first-order chi connectivity index (χ1) is 10.2. The number of nitrogens with one attached hydrogen (secondary N) is 1. The second-order valence-electron chi connectivity index (χ2n) is 4.76. The molecule has 0 radical (unpaired) electrons. The maximum atomic E-state index is 11.0. The molecular weight excluding hydrogens is 270 g/mol. The molecule has 0 aliphatic carbocycles. The van der Waals surface area contributed by atoms with Crippen molar-refractivity contribution in [1.82, 2.24) is 14.7 Å². The quantitative estimate of drug-likeness (QED) is 0.677. The Balaban J connectivity index is 1.66. The van der Waals surface area contributed by atoms with E-state index in [0.29, 0.717) is 6.54 Å². The van der Waals surface area contributed by atoms with Crippen LogP contribution in [-0.4, -0.2) is 27.0 Å². The van der Waals surface area contributed by atoms with Crippen molar-refractivity contribution >= 4 is 11.6 Å². The Morgan fingerprint density at radius 2 is 2.29 bits per heavy atom. The normalized spacial score (nSPS) is 11.0. The second-order valence-corrected chi connectivity index (χ2v) is 4.76. The number of pyridine rings is 1. The predicted octanol–water partition coefficient (Wildman–Crippen LogP) is 1.96. The van der Waals surface area contributed by atoms with Gasteiger partial charge in [0.25, 0.3) is 0 Å². The molecule has 0 aliphatic heterocycles. The number of carboxylic acids is 1. The molecule has 2 N–H and O–H groups in total. The van der Waals surface area contributed by atoms with E-state index in [1.165, 1.54) is 0 Å². The zero-order valence-electron chi connectivity index (χ0n) is 11.3. The van der Waals surface area contributed by atoms with Gasteiger partial charge in [0, 0.05) is 12.7 Å². The van der Waals surface area contributed by atoms with E-state index in [-0.39, 0.29) is 5.56 Å². The summed E-state index contributed by atoms with van der Waals surface area (Å²) in [5.74, 6) is -0.940. The predicted molar refractivity (Wildman–Crippen MR) is 76.3 cm³/mol. The summed E-state index contributed by atoms with van der Waals surface area (Å²) in [7, 11) is 0. The van der Waals surface area contributed by atoms with E-state index >= 15 is 0 Å². The molecule has 0 atom stereocenters. The summed E-state index contributed by atoms with van der Waals surface area (Å²) in [6, 6.07) is 5.20. The molecule has 0 fully saturated rings. The highest BCUT2D eigenvalue weighted by molar-refractivity contribution is 5.87. The van der Waals surface area contributed by atoms with Gasteiger partial charge in [-0.2, -0.15) is 0 Å². The van der Waals surface area contributed by atoms with Crippen LogP contribution in [0.4, 0.5) is 0 Å². The van der Waals surface area contributed by atoms with Gasteiger partial charge in [0.2, 0.25) is 0 Å². The number of aromatic carboxylic acids is 1. The van der Waals surface area contributed by atoms with Gasteiger partial charge in [0.05, 0.1) is 30.0 Å². The van der Waals surface area contributed by atoms with Gasteiger partial charge in [-0.1, -0.05) is 0 Å². The maximum absolute atomic E-state index is 11.0. The highest BCUT2D eigenvalue weighted by atomic mass is 16.4. The average molecular weight is 285 g/mol. The first-order valence-corrected chi connectivity index (χ1v) is 6.65. The second kappa shape index (κ2) is 5.80. The standard InChI is InChI=1S/C15H15N3O3/c19-15(20)12-1-2-14-17-8-13(18(14)9-12)7-16-5-3-11-4-6-21-10-11/h1-2,4,6,8-10,16H,3,5,7H2,(H,19,20). The summed E-state index contributed by atoms with van der Waals surface area (Å²) < 4.78 is 6.81. The van der Waals surface area contributed by atoms with Gasteiger partial charge in [0.15, 0.2) is 0 Å². The van der Waals surface area contributed by atoms with Crippen LogP contribution >= 0.6 is 0 Å². The van der Waals surface area contributed by atoms with Crippen molar-refractivity contribution in [1.29, 1.82) is 0 Å². The first kappa shape index (κ1) is 13.4. The Labute approximate surface area is 121 Å². The topological polar surface area (TPSA) is 79.8 Å². The van der Waals surface area contributed by atoms with E-state index in [0.717, 1.165) is 29.9 Å². The van der Waals surface area contributed by atoms with Crippen LogP contribution in [0.25, 0.3) is 5.65 Å². The molecule has 6 nitrogen and oxygen atoms in total. The Morgan fingerprint density at radius 1 is 1.38 bits per heavy atom. The van der Waals surface area contributed by atoms with Crippen LogP contribution in [0.2, 0.25) is 0 Å². The van der Waals surface area contributed by atoms with Gasteiger partial charge in [-0.15, -0.1) is 0 Å². The van der Waals surface area contributed by atoms with Crippen LogP contribution in [0.3, 0.4) is 0 Å². The summed E-state index contributed by atoms with van der Waals surface area (Å²) in [5.41, 5.74) is 3.07. The third-order valence-electron chi connectivity index (χ3n) is 3.31. The van der Waals surface area contributed by atoms with Crippen molar-refractivity contribution in [2.24, 2.45) is 0 Å². The molecule has 3 rings (SSSR count). The van der Waals surface area contributed by atoms with Crippen LogP contribution in [0, 0.1) is 0 Å². The van der Waals surface area contributed by atoms with E-state index in [1.54, 1.807) is 41.5 Å². The number of fused-ring (bicyclic) bond motifs is 1. The lowest BCUT2D eigenvalue weighted by atomic mass is 10.2. The molecule has 0 unspecified atom stereocenters. The minimum absolute atomic E-state index is 0.250. The maximum Gasteiger partial charge on any atom is 0.337 e. The number of rotatable bonds is 6. The molecule has 0 aromatic carbocycles. The molecule has 108 valence electrons. The number of hydrogen-bond acceptors (Lipinski definition) is 4. The average Bonchev–Trinajstić information content (AvgIpc) is 3.12. The van der Waals surface area contributed by atoms with Gasteiger partial charge in [-0.05, 0) is 36.7 Å². The van der Waals surface area contributed by atoms with E-state index < -0.39 is 5.97 Å². The van der Waals surface area contributed by atoms with Crippen molar-refractivity contribution in [3.63, 3.8) is 0 Å². The van der Waals surface area contributed by atoms with E-state index in [4.69, 9.17) is 9.52 Å². The van der Waals surface area contributed by atoms with Crippen molar-refractivity contribution in [2.75, 3.05) is 6.54 Å². The zero-order chi connectivity index (χ0) is 14.7. The molecule has 0 bridgehead atoms. The summed E-state index contributed by atoms with van der Waals surface area (Å²) >= 11 is 0. The summed E-state index contributed by atoms with van der Waals surface area (Å²) in [6.07, 6.45) is 7.62. The third-order valence-corrected chi connectivity index (χ3v) is 3.31. The Kier molecular flexibility index (Phi) is 3.70. The van der Waals surface area contributed by atoms with Crippen molar-refractivity contribution in [3.05, 3.63) is 59.9 Å². The molecule has 6 heteroatoms. The number of imidazole rings is 1. The van der Waals surface area contributed by atoms with Gasteiger partial charge in [-0.25, -0.2) is 9.78 Å². The number of carbonyl (C=O) groups is 1. The van der Waals surface area contributed by atoms with E-state index in [1.807, 2.05) is 6.07 Å². The smallest absolute Gasteiger partial charge is 0.337 e. The lowest BCUT2D eigenvalue weighted by Gasteiger charge is -2.05. The molecule has 3 heterocycles. The number of hydrogen-bond donors (Lipinski definition) is 2. The summed E-state index contributed by atoms with van der Waals surface area (Å²) in [6.45, 7) is 1.44. The molecular formula is C15H15N3O3. The molecule has 3 aromatic heterocycles. The van der Waals surface area contributed by atoms with Crippen LogP contribution in [0.15, 0.2) is 47.5 Å². The Hall–Kier alpha value is -2.60. The van der Waals surface area contributed by atoms with Gasteiger partial charge in [-0.3, -0.25) is 0 Å². The number of nitrogens with zero attached hydrogens (tertiary/aromatic N) is 2. The number of aromatic nitrogens is 2. The Morgan fingerprint density at radius 3 is 3.05 bits per heavy atom. The third kappa shape index (κ3) is 2.95. The number of furan rings is 1. The fraction of sp³-hybridized carbons (Fsp3) is 0.200. The highest BCUT2D eigenvalue weighted by Gasteiger charge is 2.07. The molecule has 0 aliphatic rings. The molecule has 0 saturated heterocycles. The fourth-order valence-corrected chi connectivity index (χ4v) is 2.17. The fourth-order valence-electron chi connectivity index (χ4n) is 2.17. The zero-order valence-corrected chi connectivity index (χ0v) is 11.3. The first-order valence-electron chi connectivity index (χ1n) is 6.65.